The molecule has 2 aromatic carbocycles. The number of carbonyl (C=O) groups excluding carboxylic acids is 2. The van der Waals surface area contributed by atoms with Gasteiger partial charge in [0.15, 0.2) is 5.16 Å². The first kappa shape index (κ1) is 24.5. The van der Waals surface area contributed by atoms with Crippen molar-refractivity contribution in [1.29, 1.82) is 0 Å². The Kier molecular flexibility index (Phi) is 7.92. The minimum Gasteiger partial charge on any atom is -0.465 e. The first-order valence-corrected chi connectivity index (χ1v) is 11.8. The van der Waals surface area contributed by atoms with E-state index in [1.165, 1.54) is 18.9 Å². The minimum absolute atomic E-state index is 0.114. The van der Waals surface area contributed by atoms with Crippen LogP contribution in [0.25, 0.3) is 10.9 Å². The highest BCUT2D eigenvalue weighted by atomic mass is 32.2. The molecule has 0 radical (unpaired) electrons. The summed E-state index contributed by atoms with van der Waals surface area (Å²) in [5, 5.41) is 3.88. The molecule has 1 amide bonds. The van der Waals surface area contributed by atoms with E-state index in [1.807, 2.05) is 52.0 Å². The SMILES string of the molecule is COC(=O)c1ccc2c(=O)n(CC(C)C)c(SCC(=O)NC(C)c3ccccc3C)nc2c1. The van der Waals surface area contributed by atoms with Gasteiger partial charge in [0.1, 0.15) is 0 Å². The van der Waals surface area contributed by atoms with Crippen molar-refractivity contribution in [2.45, 2.75) is 45.4 Å². The van der Waals surface area contributed by atoms with Gasteiger partial charge in [0, 0.05) is 6.54 Å². The molecule has 0 aliphatic carbocycles. The number of aromatic nitrogens is 2. The molecule has 0 aliphatic rings. The highest BCUT2D eigenvalue weighted by Crippen LogP contribution is 2.21. The van der Waals surface area contributed by atoms with Gasteiger partial charge in [-0.1, -0.05) is 49.9 Å². The van der Waals surface area contributed by atoms with Crippen molar-refractivity contribution in [3.8, 4) is 0 Å². The summed E-state index contributed by atoms with van der Waals surface area (Å²) >= 11 is 1.21. The van der Waals surface area contributed by atoms with Crippen molar-refractivity contribution in [2.75, 3.05) is 12.9 Å². The van der Waals surface area contributed by atoms with Gasteiger partial charge in [0.05, 0.1) is 35.4 Å². The highest BCUT2D eigenvalue weighted by Gasteiger charge is 2.17. The molecular weight excluding hydrogens is 438 g/mol. The van der Waals surface area contributed by atoms with E-state index in [-0.39, 0.29) is 29.2 Å². The van der Waals surface area contributed by atoms with Crippen LogP contribution in [0.2, 0.25) is 0 Å². The maximum absolute atomic E-state index is 13.2. The van der Waals surface area contributed by atoms with Crippen LogP contribution in [0, 0.1) is 12.8 Å². The van der Waals surface area contributed by atoms with Crippen LogP contribution >= 0.6 is 11.8 Å². The largest absolute Gasteiger partial charge is 0.465 e. The molecule has 0 aliphatic heterocycles. The minimum atomic E-state index is -0.496. The molecule has 33 heavy (non-hydrogen) atoms. The van der Waals surface area contributed by atoms with Crippen molar-refractivity contribution in [2.24, 2.45) is 5.92 Å². The van der Waals surface area contributed by atoms with Gasteiger partial charge < -0.3 is 10.1 Å². The summed E-state index contributed by atoms with van der Waals surface area (Å²) < 4.78 is 6.38. The Hall–Kier alpha value is -3.13. The predicted molar refractivity (Wildman–Crippen MR) is 131 cm³/mol. The molecule has 174 valence electrons. The second-order valence-electron chi connectivity index (χ2n) is 8.36. The van der Waals surface area contributed by atoms with E-state index >= 15 is 0 Å². The maximum atomic E-state index is 13.2. The standard InChI is InChI=1S/C25H29N3O4S/c1-15(2)13-28-23(30)20-11-10-18(24(31)32-5)12-21(20)27-25(28)33-14-22(29)26-17(4)19-9-7-6-8-16(19)3/h6-12,15,17H,13-14H2,1-5H3,(H,26,29). The first-order valence-electron chi connectivity index (χ1n) is 10.8. The van der Waals surface area contributed by atoms with E-state index in [0.717, 1.165) is 11.1 Å². The van der Waals surface area contributed by atoms with Gasteiger partial charge in [-0.15, -0.1) is 0 Å². The fourth-order valence-corrected chi connectivity index (χ4v) is 4.47. The lowest BCUT2D eigenvalue weighted by Gasteiger charge is -2.17. The maximum Gasteiger partial charge on any atom is 0.337 e. The zero-order valence-corrected chi connectivity index (χ0v) is 20.4. The number of amides is 1. The molecule has 7 nitrogen and oxygen atoms in total. The summed E-state index contributed by atoms with van der Waals surface area (Å²) in [5.41, 5.74) is 2.70. The van der Waals surface area contributed by atoms with Gasteiger partial charge in [-0.2, -0.15) is 0 Å². The lowest BCUT2D eigenvalue weighted by atomic mass is 10.0. The molecule has 3 aromatic rings. The number of esters is 1. The first-order chi connectivity index (χ1) is 15.7. The molecule has 0 saturated carbocycles. The van der Waals surface area contributed by atoms with Crippen molar-refractivity contribution in [3.63, 3.8) is 0 Å². The number of carbonyl (C=O) groups is 2. The van der Waals surface area contributed by atoms with Crippen molar-refractivity contribution in [1.82, 2.24) is 14.9 Å². The average Bonchev–Trinajstić information content (AvgIpc) is 2.78. The summed E-state index contributed by atoms with van der Waals surface area (Å²) in [4.78, 5) is 42.4. The lowest BCUT2D eigenvalue weighted by Crippen LogP contribution is -2.30. The van der Waals surface area contributed by atoms with Crippen LogP contribution < -0.4 is 10.9 Å². The van der Waals surface area contributed by atoms with Gasteiger partial charge in [0.25, 0.3) is 5.56 Å². The number of aryl methyl sites for hydroxylation is 1. The fourth-order valence-electron chi connectivity index (χ4n) is 3.65. The Morgan fingerprint density at radius 2 is 1.88 bits per heavy atom. The number of nitrogens with one attached hydrogen (secondary N) is 1. The van der Waals surface area contributed by atoms with Crippen LogP contribution in [0.3, 0.4) is 0 Å². The van der Waals surface area contributed by atoms with E-state index in [0.29, 0.717) is 28.2 Å². The van der Waals surface area contributed by atoms with Gasteiger partial charge >= 0.3 is 5.97 Å². The monoisotopic (exact) mass is 467 g/mol. The number of rotatable bonds is 8. The number of methoxy groups -OCH3 is 1. The number of benzene rings is 2. The molecule has 0 saturated heterocycles. The molecule has 1 unspecified atom stereocenters. The second-order valence-corrected chi connectivity index (χ2v) is 9.30. The van der Waals surface area contributed by atoms with Gasteiger partial charge in [0.2, 0.25) is 5.91 Å². The Balaban J connectivity index is 1.86. The fraction of sp³-hybridized carbons (Fsp3) is 0.360. The van der Waals surface area contributed by atoms with Gasteiger partial charge in [-0.3, -0.25) is 14.2 Å². The van der Waals surface area contributed by atoms with Crippen LogP contribution in [0.5, 0.6) is 0 Å². The second kappa shape index (κ2) is 10.7. The molecule has 1 N–H and O–H groups in total. The van der Waals surface area contributed by atoms with Gasteiger partial charge in [-0.25, -0.2) is 9.78 Å². The van der Waals surface area contributed by atoms with E-state index in [1.54, 1.807) is 22.8 Å². The lowest BCUT2D eigenvalue weighted by molar-refractivity contribution is -0.119. The predicted octanol–water partition coefficient (Wildman–Crippen LogP) is 4.12. The molecule has 1 atom stereocenters. The number of hydrogen-bond acceptors (Lipinski definition) is 6. The van der Waals surface area contributed by atoms with E-state index in [4.69, 9.17) is 4.74 Å². The molecule has 1 heterocycles. The molecule has 3 rings (SSSR count). The smallest absolute Gasteiger partial charge is 0.337 e. The van der Waals surface area contributed by atoms with Crippen LogP contribution in [0.4, 0.5) is 0 Å². The topological polar surface area (TPSA) is 90.3 Å². The molecule has 0 spiro atoms. The van der Waals surface area contributed by atoms with Crippen LogP contribution in [0.1, 0.15) is 48.3 Å². The zero-order chi connectivity index (χ0) is 24.1. The average molecular weight is 468 g/mol. The molecule has 0 bridgehead atoms. The number of thioether (sulfide) groups is 1. The quantitative estimate of drug-likeness (QED) is 0.305. The third kappa shape index (κ3) is 5.82. The molecule has 1 aromatic heterocycles. The van der Waals surface area contributed by atoms with Crippen molar-refractivity contribution < 1.29 is 14.3 Å². The molecular formula is C25H29N3O4S. The molecule has 0 fully saturated rings. The summed E-state index contributed by atoms with van der Waals surface area (Å²) in [6.45, 7) is 8.47. The number of ether oxygens (including phenoxy) is 1. The van der Waals surface area contributed by atoms with Crippen molar-refractivity contribution >= 4 is 34.5 Å². The highest BCUT2D eigenvalue weighted by molar-refractivity contribution is 7.99. The van der Waals surface area contributed by atoms with Crippen LogP contribution in [0.15, 0.2) is 52.4 Å². The van der Waals surface area contributed by atoms with E-state index in [9.17, 15) is 14.4 Å². The summed E-state index contributed by atoms with van der Waals surface area (Å²) in [6.07, 6.45) is 0. The van der Waals surface area contributed by atoms with E-state index in [2.05, 4.69) is 10.3 Å². The third-order valence-electron chi connectivity index (χ3n) is 5.25. The van der Waals surface area contributed by atoms with Gasteiger partial charge in [-0.05, 0) is 49.1 Å². The summed E-state index contributed by atoms with van der Waals surface area (Å²) in [6, 6.07) is 12.5. The van der Waals surface area contributed by atoms with E-state index < -0.39 is 5.97 Å². The third-order valence-corrected chi connectivity index (χ3v) is 6.23. The Morgan fingerprint density at radius 1 is 1.15 bits per heavy atom. The normalized spacial score (nSPS) is 12.1. The Labute approximate surface area is 197 Å². The van der Waals surface area contributed by atoms with Crippen LogP contribution in [-0.2, 0) is 16.1 Å². The van der Waals surface area contributed by atoms with Crippen molar-refractivity contribution in [3.05, 3.63) is 69.5 Å². The summed E-state index contributed by atoms with van der Waals surface area (Å²) in [5.74, 6) is -0.318. The van der Waals surface area contributed by atoms with Crippen LogP contribution in [-0.4, -0.2) is 34.3 Å². The number of hydrogen-bond donors (Lipinski definition) is 1. The Morgan fingerprint density at radius 3 is 2.55 bits per heavy atom. The number of fused-ring (bicyclic) bond motifs is 1. The Bertz CT molecular complexity index is 1240. The zero-order valence-electron chi connectivity index (χ0n) is 19.5. The summed E-state index contributed by atoms with van der Waals surface area (Å²) in [7, 11) is 1.30. The number of nitrogens with zero attached hydrogens (tertiary/aromatic N) is 2. The molecule has 8 heteroatoms.